The zero-order chi connectivity index (χ0) is 12.2. The third-order valence-corrected chi connectivity index (χ3v) is 3.06. The molecular formula is C16H15NO. The van der Waals surface area contributed by atoms with Gasteiger partial charge in [-0.25, -0.2) is 5.06 Å². The van der Waals surface area contributed by atoms with Crippen molar-refractivity contribution in [1.82, 2.24) is 0 Å². The SMILES string of the molecule is C1=C(c2ccccc2)CN(c2ccccc2)OC1. The van der Waals surface area contributed by atoms with Crippen LogP contribution in [0.5, 0.6) is 0 Å². The lowest BCUT2D eigenvalue weighted by Crippen LogP contribution is -2.29. The Morgan fingerprint density at radius 2 is 1.50 bits per heavy atom. The molecule has 2 nitrogen and oxygen atoms in total. The molecule has 0 amide bonds. The quantitative estimate of drug-likeness (QED) is 0.792. The minimum Gasteiger partial charge on any atom is -0.269 e. The average Bonchev–Trinajstić information content (AvgIpc) is 2.49. The molecule has 90 valence electrons. The molecule has 2 heteroatoms. The molecule has 2 aromatic carbocycles. The second-order valence-corrected chi connectivity index (χ2v) is 4.26. The van der Waals surface area contributed by atoms with Crippen LogP contribution < -0.4 is 5.06 Å². The van der Waals surface area contributed by atoms with Crippen LogP contribution in [0.2, 0.25) is 0 Å². The summed E-state index contributed by atoms with van der Waals surface area (Å²) in [6.07, 6.45) is 2.15. The Morgan fingerprint density at radius 1 is 0.833 bits per heavy atom. The molecule has 0 aliphatic carbocycles. The Morgan fingerprint density at radius 3 is 2.22 bits per heavy atom. The van der Waals surface area contributed by atoms with E-state index < -0.39 is 0 Å². The number of benzene rings is 2. The summed E-state index contributed by atoms with van der Waals surface area (Å²) in [6.45, 7) is 1.41. The van der Waals surface area contributed by atoms with Crippen LogP contribution in [0.3, 0.4) is 0 Å². The van der Waals surface area contributed by atoms with Crippen molar-refractivity contribution in [2.24, 2.45) is 0 Å². The van der Waals surface area contributed by atoms with Gasteiger partial charge in [-0.3, -0.25) is 4.84 Å². The van der Waals surface area contributed by atoms with Gasteiger partial charge in [0.25, 0.3) is 0 Å². The van der Waals surface area contributed by atoms with Gasteiger partial charge in [0, 0.05) is 0 Å². The lowest BCUT2D eigenvalue weighted by Gasteiger charge is -2.28. The summed E-state index contributed by atoms with van der Waals surface area (Å²) in [5, 5.41) is 1.95. The molecular weight excluding hydrogens is 222 g/mol. The van der Waals surface area contributed by atoms with Crippen LogP contribution in [0.4, 0.5) is 5.69 Å². The van der Waals surface area contributed by atoms with E-state index in [9.17, 15) is 0 Å². The molecule has 2 aromatic rings. The third-order valence-electron chi connectivity index (χ3n) is 3.06. The van der Waals surface area contributed by atoms with E-state index in [1.54, 1.807) is 0 Å². The first-order valence-electron chi connectivity index (χ1n) is 6.13. The molecule has 18 heavy (non-hydrogen) atoms. The maximum atomic E-state index is 5.67. The lowest BCUT2D eigenvalue weighted by atomic mass is 10.0. The Labute approximate surface area is 107 Å². The van der Waals surface area contributed by atoms with Gasteiger partial charge in [0.2, 0.25) is 0 Å². The van der Waals surface area contributed by atoms with Crippen LogP contribution in [0, 0.1) is 0 Å². The summed E-state index contributed by atoms with van der Waals surface area (Å²) in [7, 11) is 0. The van der Waals surface area contributed by atoms with Crippen molar-refractivity contribution >= 4 is 11.3 Å². The molecule has 0 unspecified atom stereocenters. The number of hydrogen-bond donors (Lipinski definition) is 0. The van der Waals surface area contributed by atoms with Crippen LogP contribution in [0.25, 0.3) is 5.57 Å². The fourth-order valence-electron chi connectivity index (χ4n) is 2.11. The maximum absolute atomic E-state index is 5.67. The first kappa shape index (κ1) is 11.1. The normalized spacial score (nSPS) is 15.3. The molecule has 0 spiro atoms. The molecule has 0 atom stereocenters. The average molecular weight is 237 g/mol. The van der Waals surface area contributed by atoms with Gasteiger partial charge in [0.05, 0.1) is 18.8 Å². The minimum atomic E-state index is 0.624. The van der Waals surface area contributed by atoms with Gasteiger partial charge < -0.3 is 0 Å². The van der Waals surface area contributed by atoms with Crippen LogP contribution in [0.1, 0.15) is 5.56 Å². The van der Waals surface area contributed by atoms with Gasteiger partial charge >= 0.3 is 0 Å². The molecule has 0 saturated carbocycles. The van der Waals surface area contributed by atoms with Gasteiger partial charge in [-0.2, -0.15) is 0 Å². The van der Waals surface area contributed by atoms with Crippen LogP contribution in [-0.2, 0) is 4.84 Å². The molecule has 3 rings (SSSR count). The van der Waals surface area contributed by atoms with E-state index in [0.717, 1.165) is 12.2 Å². The summed E-state index contributed by atoms with van der Waals surface area (Å²) in [6, 6.07) is 20.7. The van der Waals surface area contributed by atoms with Crippen LogP contribution in [-0.4, -0.2) is 13.2 Å². The Hall–Kier alpha value is -2.06. The molecule has 0 fully saturated rings. The molecule has 1 aliphatic rings. The second kappa shape index (κ2) is 5.07. The lowest BCUT2D eigenvalue weighted by molar-refractivity contribution is 0.135. The molecule has 0 bridgehead atoms. The predicted molar refractivity (Wildman–Crippen MR) is 74.2 cm³/mol. The van der Waals surface area contributed by atoms with Crippen molar-refractivity contribution in [3.05, 3.63) is 72.3 Å². The van der Waals surface area contributed by atoms with Crippen molar-refractivity contribution in [2.45, 2.75) is 0 Å². The molecule has 1 aliphatic heterocycles. The minimum absolute atomic E-state index is 0.624. The summed E-state index contributed by atoms with van der Waals surface area (Å²) in [4.78, 5) is 5.67. The van der Waals surface area contributed by atoms with E-state index in [-0.39, 0.29) is 0 Å². The molecule has 1 heterocycles. The first-order chi connectivity index (χ1) is 8.93. The highest BCUT2D eigenvalue weighted by Gasteiger charge is 2.14. The monoisotopic (exact) mass is 237 g/mol. The van der Waals surface area contributed by atoms with Gasteiger partial charge in [0.1, 0.15) is 0 Å². The van der Waals surface area contributed by atoms with E-state index >= 15 is 0 Å². The largest absolute Gasteiger partial charge is 0.269 e. The van der Waals surface area contributed by atoms with Crippen LogP contribution in [0.15, 0.2) is 66.7 Å². The highest BCUT2D eigenvalue weighted by Crippen LogP contribution is 2.23. The van der Waals surface area contributed by atoms with E-state index in [4.69, 9.17) is 4.84 Å². The molecule has 0 saturated heterocycles. The van der Waals surface area contributed by atoms with Gasteiger partial charge in [-0.05, 0) is 23.3 Å². The number of anilines is 1. The molecule has 0 radical (unpaired) electrons. The topological polar surface area (TPSA) is 12.5 Å². The van der Waals surface area contributed by atoms with E-state index in [2.05, 4.69) is 42.5 Å². The predicted octanol–water partition coefficient (Wildman–Crippen LogP) is 3.52. The van der Waals surface area contributed by atoms with Crippen molar-refractivity contribution < 1.29 is 4.84 Å². The second-order valence-electron chi connectivity index (χ2n) is 4.26. The zero-order valence-electron chi connectivity index (χ0n) is 10.1. The number of hydrogen-bond acceptors (Lipinski definition) is 2. The van der Waals surface area contributed by atoms with E-state index in [1.165, 1.54) is 11.1 Å². The van der Waals surface area contributed by atoms with E-state index in [1.807, 2.05) is 29.3 Å². The molecule has 0 N–H and O–H groups in total. The Bertz CT molecular complexity index is 534. The highest BCUT2D eigenvalue weighted by molar-refractivity contribution is 5.70. The summed E-state index contributed by atoms with van der Waals surface area (Å²) in [5.74, 6) is 0. The zero-order valence-corrected chi connectivity index (χ0v) is 10.1. The Balaban J connectivity index is 1.82. The number of para-hydroxylation sites is 1. The van der Waals surface area contributed by atoms with Gasteiger partial charge in [-0.15, -0.1) is 0 Å². The van der Waals surface area contributed by atoms with Crippen molar-refractivity contribution in [3.8, 4) is 0 Å². The maximum Gasteiger partial charge on any atom is 0.0937 e. The smallest absolute Gasteiger partial charge is 0.0937 e. The van der Waals surface area contributed by atoms with Crippen molar-refractivity contribution in [1.29, 1.82) is 0 Å². The van der Waals surface area contributed by atoms with Crippen LogP contribution >= 0.6 is 0 Å². The fourth-order valence-corrected chi connectivity index (χ4v) is 2.11. The first-order valence-corrected chi connectivity index (χ1v) is 6.13. The third kappa shape index (κ3) is 2.29. The highest BCUT2D eigenvalue weighted by atomic mass is 16.7. The number of rotatable bonds is 2. The Kier molecular flexibility index (Phi) is 3.11. The molecule has 0 aromatic heterocycles. The standard InChI is InChI=1S/C16H15NO/c1-3-7-14(8-4-1)15-11-12-18-17(13-15)16-9-5-2-6-10-16/h1-11H,12-13H2. The van der Waals surface area contributed by atoms with E-state index in [0.29, 0.717) is 6.61 Å². The van der Waals surface area contributed by atoms with Gasteiger partial charge in [0.15, 0.2) is 0 Å². The number of nitrogens with zero attached hydrogens (tertiary/aromatic N) is 1. The number of hydroxylamine groups is 1. The summed E-state index contributed by atoms with van der Waals surface area (Å²) >= 11 is 0. The fraction of sp³-hybridized carbons (Fsp3) is 0.125. The van der Waals surface area contributed by atoms with Crippen molar-refractivity contribution in [3.63, 3.8) is 0 Å². The van der Waals surface area contributed by atoms with Crippen molar-refractivity contribution in [2.75, 3.05) is 18.2 Å². The summed E-state index contributed by atoms with van der Waals surface area (Å²) < 4.78 is 0. The summed E-state index contributed by atoms with van der Waals surface area (Å²) in [5.41, 5.74) is 3.67. The van der Waals surface area contributed by atoms with Gasteiger partial charge in [-0.1, -0.05) is 54.6 Å².